The number of carbonyl (C=O) groups is 1. The van der Waals surface area contributed by atoms with Gasteiger partial charge < -0.3 is 29.7 Å². The summed E-state index contributed by atoms with van der Waals surface area (Å²) >= 11 is 0. The Morgan fingerprint density at radius 3 is 2.94 bits per heavy atom. The second-order valence-corrected chi connectivity index (χ2v) is 8.90. The van der Waals surface area contributed by atoms with E-state index in [9.17, 15) is 9.18 Å². The molecule has 2 atom stereocenters. The fraction of sp³-hybridized carbons (Fsp3) is 0.400. The first kappa shape index (κ1) is 23.1. The van der Waals surface area contributed by atoms with Crippen molar-refractivity contribution in [3.63, 3.8) is 0 Å². The normalized spacial score (nSPS) is 19.7. The molecule has 0 saturated carbocycles. The Morgan fingerprint density at radius 1 is 1.23 bits per heavy atom. The van der Waals surface area contributed by atoms with Gasteiger partial charge >= 0.3 is 6.09 Å². The second kappa shape index (κ2) is 9.91. The van der Waals surface area contributed by atoms with Gasteiger partial charge in [0, 0.05) is 42.7 Å². The molecular weight excluding hydrogens is 453 g/mol. The lowest BCUT2D eigenvalue weighted by molar-refractivity contribution is 0.0944. The van der Waals surface area contributed by atoms with Gasteiger partial charge in [-0.1, -0.05) is 0 Å². The van der Waals surface area contributed by atoms with Gasteiger partial charge in [-0.3, -0.25) is 0 Å². The van der Waals surface area contributed by atoms with Crippen LogP contribution in [0.2, 0.25) is 0 Å². The van der Waals surface area contributed by atoms with E-state index in [1.54, 1.807) is 26.2 Å². The quantitative estimate of drug-likeness (QED) is 0.471. The van der Waals surface area contributed by atoms with Gasteiger partial charge in [0.1, 0.15) is 18.0 Å². The van der Waals surface area contributed by atoms with E-state index < -0.39 is 0 Å². The largest absolute Gasteiger partial charge is 0.493 e. The number of fused-ring (bicyclic) bond motifs is 2. The van der Waals surface area contributed by atoms with Crippen molar-refractivity contribution >= 4 is 28.5 Å². The van der Waals surface area contributed by atoms with Crippen LogP contribution in [0.25, 0.3) is 10.9 Å². The third-order valence-corrected chi connectivity index (χ3v) is 6.47. The number of amides is 1. The van der Waals surface area contributed by atoms with Gasteiger partial charge in [-0.2, -0.15) is 0 Å². The van der Waals surface area contributed by atoms with Crippen molar-refractivity contribution in [2.75, 3.05) is 45.3 Å². The molecule has 3 aromatic rings. The number of benzene rings is 2. The number of nitrogens with one attached hydrogen (secondary N) is 2. The highest BCUT2D eigenvalue weighted by Gasteiger charge is 2.37. The highest BCUT2D eigenvalue weighted by molar-refractivity contribution is 5.93. The summed E-state index contributed by atoms with van der Waals surface area (Å²) in [4.78, 5) is 22.5. The van der Waals surface area contributed by atoms with Crippen molar-refractivity contribution in [1.29, 1.82) is 0 Å². The van der Waals surface area contributed by atoms with Gasteiger partial charge in [-0.15, -0.1) is 0 Å². The fourth-order valence-corrected chi connectivity index (χ4v) is 4.62. The second-order valence-electron chi connectivity index (χ2n) is 8.90. The van der Waals surface area contributed by atoms with Crippen molar-refractivity contribution in [2.45, 2.75) is 19.4 Å². The summed E-state index contributed by atoms with van der Waals surface area (Å²) in [7, 11) is 1.60. The van der Waals surface area contributed by atoms with Crippen molar-refractivity contribution in [3.05, 3.63) is 48.0 Å². The zero-order chi connectivity index (χ0) is 24.4. The number of aryl methyl sites for hydroxylation is 1. The van der Waals surface area contributed by atoms with Gasteiger partial charge in [0.25, 0.3) is 0 Å². The monoisotopic (exact) mass is 481 g/mol. The van der Waals surface area contributed by atoms with E-state index >= 15 is 0 Å². The molecule has 0 bridgehead atoms. The third kappa shape index (κ3) is 5.07. The Labute approximate surface area is 202 Å². The first-order chi connectivity index (χ1) is 17.0. The van der Waals surface area contributed by atoms with Crippen LogP contribution in [0.1, 0.15) is 12.0 Å². The lowest BCUT2D eigenvalue weighted by Crippen LogP contribution is -2.47. The Morgan fingerprint density at radius 2 is 2.11 bits per heavy atom. The summed E-state index contributed by atoms with van der Waals surface area (Å²) in [6.45, 7) is 5.29. The molecule has 0 radical (unpaired) electrons. The molecule has 9 nitrogen and oxygen atoms in total. The highest BCUT2D eigenvalue weighted by Crippen LogP contribution is 2.35. The predicted molar refractivity (Wildman–Crippen MR) is 129 cm³/mol. The van der Waals surface area contributed by atoms with Gasteiger partial charge in [-0.05, 0) is 43.2 Å². The van der Waals surface area contributed by atoms with E-state index in [0.29, 0.717) is 47.5 Å². The predicted octanol–water partition coefficient (Wildman–Crippen LogP) is 3.64. The van der Waals surface area contributed by atoms with Crippen LogP contribution >= 0.6 is 0 Å². The van der Waals surface area contributed by atoms with Crippen molar-refractivity contribution < 1.29 is 23.4 Å². The smallest absolute Gasteiger partial charge is 0.407 e. The fourth-order valence-electron chi connectivity index (χ4n) is 4.62. The number of alkyl carbamates (subject to hydrolysis) is 1. The molecule has 2 aromatic carbocycles. The molecule has 0 aliphatic carbocycles. The van der Waals surface area contributed by atoms with Crippen LogP contribution in [-0.4, -0.2) is 67.0 Å². The van der Waals surface area contributed by atoms with Gasteiger partial charge in [-0.25, -0.2) is 19.2 Å². The van der Waals surface area contributed by atoms with E-state index in [4.69, 9.17) is 14.2 Å². The average molecular weight is 482 g/mol. The average Bonchev–Trinajstić information content (AvgIpc) is 3.25. The van der Waals surface area contributed by atoms with E-state index in [2.05, 4.69) is 25.5 Å². The maximum Gasteiger partial charge on any atom is 0.407 e. The molecule has 35 heavy (non-hydrogen) atoms. The van der Waals surface area contributed by atoms with E-state index in [1.807, 2.05) is 12.1 Å². The van der Waals surface area contributed by atoms with E-state index in [-0.39, 0.29) is 18.0 Å². The molecule has 0 spiro atoms. The number of likely N-dealkylation sites (tertiary alicyclic amines) is 1. The van der Waals surface area contributed by atoms with Crippen molar-refractivity contribution in [2.24, 2.45) is 5.92 Å². The summed E-state index contributed by atoms with van der Waals surface area (Å²) in [5, 5.41) is 6.92. The first-order valence-corrected chi connectivity index (χ1v) is 11.6. The Balaban J connectivity index is 1.25. The van der Waals surface area contributed by atoms with Crippen LogP contribution in [-0.2, 0) is 4.74 Å². The highest BCUT2D eigenvalue weighted by atomic mass is 19.1. The Bertz CT molecular complexity index is 1240. The van der Waals surface area contributed by atoms with E-state index in [1.165, 1.54) is 12.4 Å². The molecule has 2 saturated heterocycles. The minimum atomic E-state index is -0.327. The van der Waals surface area contributed by atoms with Gasteiger partial charge in [0.05, 0.1) is 31.9 Å². The maximum absolute atomic E-state index is 13.7. The summed E-state index contributed by atoms with van der Waals surface area (Å²) in [6.07, 6.45) is 1.97. The molecule has 5 rings (SSSR count). The van der Waals surface area contributed by atoms with Crippen LogP contribution in [0.15, 0.2) is 36.7 Å². The minimum Gasteiger partial charge on any atom is -0.493 e. The lowest BCUT2D eigenvalue weighted by Gasteiger charge is -2.24. The molecule has 2 aliphatic rings. The molecule has 10 heteroatoms. The minimum absolute atomic E-state index is 0.161. The first-order valence-electron chi connectivity index (χ1n) is 11.6. The maximum atomic E-state index is 13.7. The molecule has 1 aromatic heterocycles. The SMILES string of the molecule is COc1cc2ncnc(Nc3ccc(F)c(C)c3)c2cc1OCCCN1CC2COC(=O)NC2C1. The van der Waals surface area contributed by atoms with Crippen LogP contribution < -0.4 is 20.1 Å². The number of rotatable bonds is 8. The summed E-state index contributed by atoms with van der Waals surface area (Å²) in [5.41, 5.74) is 1.98. The molecule has 184 valence electrons. The number of hydrogen-bond acceptors (Lipinski definition) is 8. The number of carbonyl (C=O) groups excluding carboxylic acids is 1. The molecule has 2 N–H and O–H groups in total. The summed E-state index contributed by atoms with van der Waals surface area (Å²) in [5.74, 6) is 1.87. The third-order valence-electron chi connectivity index (χ3n) is 6.47. The van der Waals surface area contributed by atoms with Gasteiger partial charge in [0.15, 0.2) is 11.5 Å². The summed E-state index contributed by atoms with van der Waals surface area (Å²) < 4.78 is 30.4. The zero-order valence-corrected chi connectivity index (χ0v) is 19.7. The van der Waals surface area contributed by atoms with Crippen molar-refractivity contribution in [1.82, 2.24) is 20.2 Å². The molecule has 1 amide bonds. The molecule has 2 unspecified atom stereocenters. The van der Waals surface area contributed by atoms with Crippen LogP contribution in [0.4, 0.5) is 20.7 Å². The lowest BCUT2D eigenvalue weighted by atomic mass is 10.0. The number of hydrogen-bond donors (Lipinski definition) is 2. The number of aromatic nitrogens is 2. The summed E-state index contributed by atoms with van der Waals surface area (Å²) in [6, 6.07) is 8.67. The van der Waals surface area contributed by atoms with Crippen LogP contribution in [0.3, 0.4) is 0 Å². The number of ether oxygens (including phenoxy) is 3. The molecular formula is C25H28FN5O4. The molecule has 2 aliphatic heterocycles. The molecule has 2 fully saturated rings. The topological polar surface area (TPSA) is 97.8 Å². The van der Waals surface area contributed by atoms with Crippen LogP contribution in [0, 0.1) is 18.7 Å². The van der Waals surface area contributed by atoms with E-state index in [0.717, 1.165) is 37.1 Å². The van der Waals surface area contributed by atoms with Crippen LogP contribution in [0.5, 0.6) is 11.5 Å². The zero-order valence-electron chi connectivity index (χ0n) is 19.7. The molecule has 3 heterocycles. The number of cyclic esters (lactones) is 1. The number of anilines is 2. The number of methoxy groups -OCH3 is 1. The number of halogens is 1. The standard InChI is InChI=1S/C25H28FN5O4/c1-15-8-17(4-5-19(15)26)29-24-18-9-23(22(33-2)10-20(18)27-14-28-24)34-7-3-6-31-11-16-13-35-25(32)30-21(16)12-31/h4-5,8-10,14,16,21H,3,6-7,11-13H2,1-2H3,(H,30,32)(H,27,28,29). The number of nitrogens with zero attached hydrogens (tertiary/aromatic N) is 3. The van der Waals surface area contributed by atoms with Crippen molar-refractivity contribution in [3.8, 4) is 11.5 Å². The Hall–Kier alpha value is -3.66. The van der Waals surface area contributed by atoms with Gasteiger partial charge in [0.2, 0.25) is 0 Å². The Kier molecular flexibility index (Phi) is 6.54.